The van der Waals surface area contributed by atoms with Gasteiger partial charge in [-0.1, -0.05) is 18.2 Å². The number of allylic oxidation sites excluding steroid dienone is 2. The zero-order valence-corrected chi connectivity index (χ0v) is 14.6. The maximum absolute atomic E-state index is 10.4. The van der Waals surface area contributed by atoms with Crippen molar-refractivity contribution in [1.82, 2.24) is 9.78 Å². The minimum atomic E-state index is 0.0132. The lowest BCUT2D eigenvalue weighted by atomic mass is 9.98. The number of phenols is 1. The minimum Gasteiger partial charge on any atom is -0.506 e. The van der Waals surface area contributed by atoms with Gasteiger partial charge in [0, 0.05) is 5.39 Å². The molecule has 0 unspecified atom stereocenters. The lowest BCUT2D eigenvalue weighted by Crippen LogP contribution is -2.03. The number of aromatic hydroxyl groups is 1. The maximum atomic E-state index is 10.4. The number of hydrogen-bond donors (Lipinski definition) is 1. The Bertz CT molecular complexity index is 1040. The average Bonchev–Trinajstić information content (AvgIpc) is 3.33. The van der Waals surface area contributed by atoms with Crippen molar-refractivity contribution >= 4 is 16.5 Å². The molecule has 0 atom stereocenters. The van der Waals surface area contributed by atoms with Crippen molar-refractivity contribution in [1.29, 1.82) is 5.26 Å². The molecule has 5 nitrogen and oxygen atoms in total. The fraction of sp³-hybridized carbons (Fsp3) is 0.238. The summed E-state index contributed by atoms with van der Waals surface area (Å²) in [7, 11) is 1.64. The molecule has 0 saturated carbocycles. The summed E-state index contributed by atoms with van der Waals surface area (Å²) in [6.07, 6.45) is 7.17. The van der Waals surface area contributed by atoms with E-state index in [0.29, 0.717) is 12.1 Å². The van der Waals surface area contributed by atoms with Gasteiger partial charge in [-0.3, -0.25) is 4.68 Å². The summed E-state index contributed by atoms with van der Waals surface area (Å²) in [6, 6.07) is 11.6. The van der Waals surface area contributed by atoms with Gasteiger partial charge >= 0.3 is 0 Å². The van der Waals surface area contributed by atoms with Crippen LogP contribution in [0.3, 0.4) is 0 Å². The van der Waals surface area contributed by atoms with Gasteiger partial charge < -0.3 is 9.84 Å². The molecule has 130 valence electrons. The molecule has 0 saturated heterocycles. The zero-order valence-electron chi connectivity index (χ0n) is 14.6. The van der Waals surface area contributed by atoms with Crippen LogP contribution < -0.4 is 4.74 Å². The quantitative estimate of drug-likeness (QED) is 0.768. The number of nitriles is 1. The highest BCUT2D eigenvalue weighted by Crippen LogP contribution is 2.37. The Morgan fingerprint density at radius 3 is 2.77 bits per heavy atom. The fourth-order valence-corrected chi connectivity index (χ4v) is 3.57. The van der Waals surface area contributed by atoms with Crippen LogP contribution in [-0.4, -0.2) is 22.0 Å². The lowest BCUT2D eigenvalue weighted by molar-refractivity contribution is 0.414. The van der Waals surface area contributed by atoms with E-state index >= 15 is 0 Å². The van der Waals surface area contributed by atoms with Crippen molar-refractivity contribution in [2.75, 3.05) is 7.11 Å². The third-order valence-corrected chi connectivity index (χ3v) is 4.89. The molecule has 2 aromatic carbocycles. The molecule has 1 aromatic heterocycles. The van der Waals surface area contributed by atoms with Crippen LogP contribution in [0.2, 0.25) is 0 Å². The van der Waals surface area contributed by atoms with Crippen LogP contribution >= 0.6 is 0 Å². The highest BCUT2D eigenvalue weighted by Gasteiger charge is 2.20. The summed E-state index contributed by atoms with van der Waals surface area (Å²) in [4.78, 5) is 0. The molecule has 0 spiro atoms. The third-order valence-electron chi connectivity index (χ3n) is 4.89. The van der Waals surface area contributed by atoms with Crippen molar-refractivity contribution < 1.29 is 9.84 Å². The summed E-state index contributed by atoms with van der Waals surface area (Å²) in [5.41, 5.74) is 4.21. The molecular weight excluding hydrogens is 326 g/mol. The Balaban J connectivity index is 1.84. The van der Waals surface area contributed by atoms with Gasteiger partial charge in [-0.25, -0.2) is 0 Å². The topological polar surface area (TPSA) is 71.1 Å². The first-order chi connectivity index (χ1) is 12.7. The standard InChI is InChI=1S/C21H19N3O2/c1-26-16-8-6-14(7-9-16)13-24-21-18(11-22)20(25)10-17(19(21)12-23-24)15-4-2-3-5-15/h4,6-10,12,25H,2-3,5,13H2,1H3. The van der Waals surface area contributed by atoms with Crippen molar-refractivity contribution in [3.63, 3.8) is 0 Å². The lowest BCUT2D eigenvalue weighted by Gasteiger charge is -2.10. The average molecular weight is 345 g/mol. The normalized spacial score (nSPS) is 13.6. The van der Waals surface area contributed by atoms with E-state index in [1.807, 2.05) is 24.3 Å². The van der Waals surface area contributed by atoms with Crippen LogP contribution in [0.15, 0.2) is 42.6 Å². The van der Waals surface area contributed by atoms with E-state index in [9.17, 15) is 10.4 Å². The number of ether oxygens (including phenoxy) is 1. The number of nitrogens with zero attached hydrogens (tertiary/aromatic N) is 3. The summed E-state index contributed by atoms with van der Waals surface area (Å²) < 4.78 is 6.98. The monoisotopic (exact) mass is 345 g/mol. The number of rotatable bonds is 4. The molecular formula is C21H19N3O2. The first-order valence-electron chi connectivity index (χ1n) is 8.65. The van der Waals surface area contributed by atoms with E-state index in [2.05, 4.69) is 17.2 Å². The molecule has 0 amide bonds. The second-order valence-electron chi connectivity index (χ2n) is 6.46. The van der Waals surface area contributed by atoms with Gasteiger partial charge in [0.05, 0.1) is 25.4 Å². The zero-order chi connectivity index (χ0) is 18.1. The molecule has 0 radical (unpaired) electrons. The Hall–Kier alpha value is -3.26. The highest BCUT2D eigenvalue weighted by atomic mass is 16.5. The van der Waals surface area contributed by atoms with Gasteiger partial charge in [-0.05, 0) is 54.2 Å². The number of fused-ring (bicyclic) bond motifs is 1. The van der Waals surface area contributed by atoms with Gasteiger partial charge in [0.25, 0.3) is 0 Å². The van der Waals surface area contributed by atoms with Crippen molar-refractivity contribution in [3.05, 3.63) is 59.3 Å². The Morgan fingerprint density at radius 2 is 2.12 bits per heavy atom. The first-order valence-corrected chi connectivity index (χ1v) is 8.65. The molecule has 26 heavy (non-hydrogen) atoms. The smallest absolute Gasteiger partial charge is 0.136 e. The Labute approximate surface area is 151 Å². The molecule has 0 fully saturated rings. The first kappa shape index (κ1) is 16.2. The van der Waals surface area contributed by atoms with Crippen LogP contribution in [0, 0.1) is 11.3 Å². The summed E-state index contributed by atoms with van der Waals surface area (Å²) in [5, 5.41) is 25.4. The molecule has 3 aromatic rings. The summed E-state index contributed by atoms with van der Waals surface area (Å²) in [6.45, 7) is 0.518. The number of methoxy groups -OCH3 is 1. The fourth-order valence-electron chi connectivity index (χ4n) is 3.57. The van der Waals surface area contributed by atoms with Crippen molar-refractivity contribution in [2.45, 2.75) is 25.8 Å². The van der Waals surface area contributed by atoms with E-state index in [4.69, 9.17) is 4.74 Å². The summed E-state index contributed by atoms with van der Waals surface area (Å²) in [5.74, 6) is 0.809. The van der Waals surface area contributed by atoms with Gasteiger partial charge in [0.2, 0.25) is 0 Å². The molecule has 0 aliphatic heterocycles. The van der Waals surface area contributed by atoms with E-state index in [1.54, 1.807) is 24.1 Å². The van der Waals surface area contributed by atoms with Crippen molar-refractivity contribution in [3.8, 4) is 17.6 Å². The molecule has 1 heterocycles. The summed E-state index contributed by atoms with van der Waals surface area (Å²) >= 11 is 0. The highest BCUT2D eigenvalue weighted by molar-refractivity contribution is 5.97. The van der Waals surface area contributed by atoms with Crippen LogP contribution in [0.25, 0.3) is 16.5 Å². The molecule has 4 rings (SSSR count). The van der Waals surface area contributed by atoms with Gasteiger partial charge in [-0.2, -0.15) is 10.4 Å². The number of phenolic OH excluding ortho intramolecular Hbond substituents is 1. The minimum absolute atomic E-state index is 0.0132. The van der Waals surface area contributed by atoms with Crippen LogP contribution in [0.1, 0.15) is 36.0 Å². The largest absolute Gasteiger partial charge is 0.506 e. The van der Waals surface area contributed by atoms with Crippen LogP contribution in [0.5, 0.6) is 11.5 Å². The molecule has 1 aliphatic carbocycles. The maximum Gasteiger partial charge on any atom is 0.136 e. The van der Waals surface area contributed by atoms with Crippen LogP contribution in [-0.2, 0) is 6.54 Å². The number of benzene rings is 2. The third kappa shape index (κ3) is 2.70. The SMILES string of the molecule is COc1ccc(Cn2ncc3c(C4=CCCC4)cc(O)c(C#N)c32)cc1. The Morgan fingerprint density at radius 1 is 1.31 bits per heavy atom. The molecule has 1 N–H and O–H groups in total. The van der Waals surface area contributed by atoms with Crippen molar-refractivity contribution in [2.24, 2.45) is 0 Å². The Kier molecular flexibility index (Phi) is 4.10. The van der Waals surface area contributed by atoms with Crippen LogP contribution in [0.4, 0.5) is 0 Å². The number of aromatic nitrogens is 2. The second kappa shape index (κ2) is 6.57. The molecule has 5 heteroatoms. The van der Waals surface area contributed by atoms with Gasteiger partial charge in [0.15, 0.2) is 0 Å². The van der Waals surface area contributed by atoms with E-state index in [-0.39, 0.29) is 11.3 Å². The van der Waals surface area contributed by atoms with E-state index < -0.39 is 0 Å². The van der Waals surface area contributed by atoms with E-state index in [0.717, 1.165) is 41.5 Å². The molecule has 1 aliphatic rings. The predicted molar refractivity (Wildman–Crippen MR) is 100 cm³/mol. The number of hydrogen-bond acceptors (Lipinski definition) is 4. The molecule has 0 bridgehead atoms. The predicted octanol–water partition coefficient (Wildman–Crippen LogP) is 4.24. The van der Waals surface area contributed by atoms with E-state index in [1.165, 1.54) is 5.57 Å². The van der Waals surface area contributed by atoms with Gasteiger partial charge in [-0.15, -0.1) is 0 Å². The second-order valence-corrected chi connectivity index (χ2v) is 6.46. The van der Waals surface area contributed by atoms with Gasteiger partial charge in [0.1, 0.15) is 23.1 Å².